The second-order valence-electron chi connectivity index (χ2n) is 3.70. The van der Waals surface area contributed by atoms with Gasteiger partial charge in [0.1, 0.15) is 10.4 Å². The fourth-order valence-electron chi connectivity index (χ4n) is 1.43. The Hall–Kier alpha value is -2.15. The highest BCUT2D eigenvalue weighted by atomic mass is 79.9. The first kappa shape index (κ1) is 13.3. The minimum Gasteiger partial charge on any atom is -0.465 e. The van der Waals surface area contributed by atoms with Gasteiger partial charge in [-0.1, -0.05) is 12.1 Å². The molecule has 0 aliphatic carbocycles. The highest BCUT2D eigenvalue weighted by molar-refractivity contribution is 9.10. The minimum absolute atomic E-state index is 0.541. The summed E-state index contributed by atoms with van der Waals surface area (Å²) < 4.78 is 0.683. The lowest BCUT2D eigenvalue weighted by molar-refractivity contribution is 0.210. The molecule has 0 spiro atoms. The molecule has 0 bridgehead atoms. The lowest BCUT2D eigenvalue weighted by atomic mass is 10.2. The van der Waals surface area contributed by atoms with Gasteiger partial charge in [0.25, 0.3) is 0 Å². The monoisotopic (exact) mass is 322 g/mol. The molecule has 0 unspecified atom stereocenters. The van der Waals surface area contributed by atoms with Gasteiger partial charge in [0, 0.05) is 12.2 Å². The van der Waals surface area contributed by atoms with Crippen molar-refractivity contribution in [2.24, 2.45) is 0 Å². The average Bonchev–Trinajstić information content (AvgIpc) is 2.39. The van der Waals surface area contributed by atoms with Crippen molar-refractivity contribution in [3.63, 3.8) is 0 Å². The number of nitrogens with one attached hydrogen (secondary N) is 2. The van der Waals surface area contributed by atoms with Crippen LogP contribution in [0.1, 0.15) is 5.56 Å². The number of benzene rings is 1. The summed E-state index contributed by atoms with van der Waals surface area (Å²) in [6, 6.07) is 7.09. The van der Waals surface area contributed by atoms with Crippen LogP contribution in [0.3, 0.4) is 0 Å². The molecule has 0 fully saturated rings. The van der Waals surface area contributed by atoms with Crippen LogP contribution < -0.4 is 10.6 Å². The molecule has 7 heteroatoms. The third-order valence-electron chi connectivity index (χ3n) is 2.30. The van der Waals surface area contributed by atoms with E-state index in [1.165, 1.54) is 0 Å². The van der Waals surface area contributed by atoms with E-state index in [0.717, 1.165) is 5.56 Å². The van der Waals surface area contributed by atoms with Gasteiger partial charge in [-0.05, 0) is 33.6 Å². The van der Waals surface area contributed by atoms with Gasteiger partial charge in [0.2, 0.25) is 0 Å². The minimum atomic E-state index is -1.07. The molecule has 1 aromatic carbocycles. The zero-order valence-electron chi connectivity index (χ0n) is 9.80. The number of halogens is 1. The van der Waals surface area contributed by atoms with Gasteiger partial charge in [-0.25, -0.2) is 14.8 Å². The van der Waals surface area contributed by atoms with E-state index in [1.54, 1.807) is 24.5 Å². The molecule has 0 atom stereocenters. The van der Waals surface area contributed by atoms with Crippen LogP contribution in [-0.2, 0) is 6.54 Å². The number of hydrogen-bond acceptors (Lipinski definition) is 4. The summed E-state index contributed by atoms with van der Waals surface area (Å²) in [5.41, 5.74) is 1.56. The van der Waals surface area contributed by atoms with Gasteiger partial charge in [0.15, 0.2) is 0 Å². The predicted molar refractivity (Wildman–Crippen MR) is 75.1 cm³/mol. The van der Waals surface area contributed by atoms with Gasteiger partial charge in [-0.2, -0.15) is 0 Å². The number of nitrogens with zero attached hydrogens (tertiary/aromatic N) is 2. The lowest BCUT2D eigenvalue weighted by Gasteiger charge is -2.06. The molecule has 0 radical (unpaired) electrons. The number of amides is 1. The van der Waals surface area contributed by atoms with Gasteiger partial charge in [0.05, 0.1) is 12.4 Å². The van der Waals surface area contributed by atoms with E-state index in [1.807, 2.05) is 12.1 Å². The quantitative estimate of drug-likeness (QED) is 0.805. The predicted octanol–water partition coefficient (Wildman–Crippen LogP) is 2.94. The van der Waals surface area contributed by atoms with E-state index in [-0.39, 0.29) is 0 Å². The number of anilines is 2. The summed E-state index contributed by atoms with van der Waals surface area (Å²) in [5.74, 6) is 0.677. The summed E-state index contributed by atoms with van der Waals surface area (Å²) in [4.78, 5) is 18.6. The van der Waals surface area contributed by atoms with Gasteiger partial charge >= 0.3 is 6.09 Å². The molecule has 1 aromatic heterocycles. The summed E-state index contributed by atoms with van der Waals surface area (Å²) in [5, 5.41) is 14.0. The van der Waals surface area contributed by atoms with Gasteiger partial charge < -0.3 is 10.4 Å². The van der Waals surface area contributed by atoms with E-state index in [9.17, 15) is 4.79 Å². The van der Waals surface area contributed by atoms with Crippen LogP contribution >= 0.6 is 15.9 Å². The van der Waals surface area contributed by atoms with Crippen LogP contribution in [0.5, 0.6) is 0 Å². The Morgan fingerprint density at radius 1 is 1.21 bits per heavy atom. The summed E-state index contributed by atoms with van der Waals surface area (Å²) >= 11 is 3.21. The Bertz CT molecular complexity index is 557. The first-order chi connectivity index (χ1) is 9.13. The zero-order chi connectivity index (χ0) is 13.7. The molecule has 2 rings (SSSR count). The van der Waals surface area contributed by atoms with E-state index in [0.29, 0.717) is 22.7 Å². The van der Waals surface area contributed by atoms with Crippen molar-refractivity contribution in [2.75, 3.05) is 10.6 Å². The number of carbonyl (C=O) groups is 1. The van der Waals surface area contributed by atoms with E-state index < -0.39 is 6.09 Å². The molecule has 98 valence electrons. The van der Waals surface area contributed by atoms with Crippen LogP contribution in [0.15, 0.2) is 41.3 Å². The van der Waals surface area contributed by atoms with E-state index in [4.69, 9.17) is 5.11 Å². The van der Waals surface area contributed by atoms with Crippen LogP contribution in [0.4, 0.5) is 16.3 Å². The zero-order valence-corrected chi connectivity index (χ0v) is 11.4. The third-order valence-corrected chi connectivity index (χ3v) is 2.71. The standard InChI is InChI=1S/C12H11BrN4O2/c13-10-6-16-11(7-14-10)15-5-8-1-3-9(4-2-8)17-12(18)19/h1-4,6-7,17H,5H2,(H,15,16)(H,18,19). The number of rotatable bonds is 4. The average molecular weight is 323 g/mol. The van der Waals surface area contributed by atoms with Crippen LogP contribution in [0.2, 0.25) is 0 Å². The number of hydrogen-bond donors (Lipinski definition) is 3. The summed E-state index contributed by atoms with van der Waals surface area (Å²) in [6.45, 7) is 0.587. The first-order valence-corrected chi connectivity index (χ1v) is 6.23. The van der Waals surface area contributed by atoms with Crippen LogP contribution in [-0.4, -0.2) is 21.2 Å². The van der Waals surface area contributed by atoms with E-state index in [2.05, 4.69) is 36.5 Å². The van der Waals surface area contributed by atoms with Gasteiger partial charge in [-0.15, -0.1) is 0 Å². The Labute approximate surface area is 118 Å². The van der Waals surface area contributed by atoms with Crippen molar-refractivity contribution in [2.45, 2.75) is 6.54 Å². The van der Waals surface area contributed by atoms with Crippen LogP contribution in [0.25, 0.3) is 0 Å². The highest BCUT2D eigenvalue weighted by Gasteiger charge is 1.99. The topological polar surface area (TPSA) is 87.1 Å². The Kier molecular flexibility index (Phi) is 4.30. The number of carboxylic acid groups (broad SMARTS) is 1. The molecule has 3 N–H and O–H groups in total. The van der Waals surface area contributed by atoms with Gasteiger partial charge in [-0.3, -0.25) is 5.32 Å². The SMILES string of the molecule is O=C(O)Nc1ccc(CNc2cnc(Br)cn2)cc1. The Morgan fingerprint density at radius 2 is 1.95 bits per heavy atom. The lowest BCUT2D eigenvalue weighted by Crippen LogP contribution is -2.07. The van der Waals surface area contributed by atoms with Crippen molar-refractivity contribution in [3.8, 4) is 0 Å². The smallest absolute Gasteiger partial charge is 0.409 e. The summed E-state index contributed by atoms with van der Waals surface area (Å²) in [7, 11) is 0. The van der Waals surface area contributed by atoms with Crippen molar-refractivity contribution in [1.29, 1.82) is 0 Å². The fourth-order valence-corrected chi connectivity index (χ4v) is 1.63. The largest absolute Gasteiger partial charge is 0.465 e. The maximum atomic E-state index is 10.4. The number of aromatic nitrogens is 2. The molecule has 19 heavy (non-hydrogen) atoms. The molecular formula is C12H11BrN4O2. The normalized spacial score (nSPS) is 9.95. The molecule has 0 saturated carbocycles. The van der Waals surface area contributed by atoms with Crippen molar-refractivity contribution < 1.29 is 9.90 Å². The molecular weight excluding hydrogens is 312 g/mol. The maximum absolute atomic E-state index is 10.4. The fraction of sp³-hybridized carbons (Fsp3) is 0.0833. The maximum Gasteiger partial charge on any atom is 0.409 e. The second-order valence-corrected chi connectivity index (χ2v) is 4.52. The molecule has 6 nitrogen and oxygen atoms in total. The second kappa shape index (κ2) is 6.14. The van der Waals surface area contributed by atoms with Crippen molar-refractivity contribution in [1.82, 2.24) is 9.97 Å². The van der Waals surface area contributed by atoms with Crippen molar-refractivity contribution >= 4 is 33.5 Å². The van der Waals surface area contributed by atoms with Crippen molar-refractivity contribution in [3.05, 3.63) is 46.8 Å². The molecule has 2 aromatic rings. The molecule has 1 amide bonds. The first-order valence-electron chi connectivity index (χ1n) is 5.44. The van der Waals surface area contributed by atoms with Crippen LogP contribution in [0, 0.1) is 0 Å². The Morgan fingerprint density at radius 3 is 2.53 bits per heavy atom. The molecule has 0 saturated heterocycles. The third kappa shape index (κ3) is 4.22. The molecule has 0 aliphatic heterocycles. The highest BCUT2D eigenvalue weighted by Crippen LogP contribution is 2.11. The Balaban J connectivity index is 1.92. The molecule has 1 heterocycles. The van der Waals surface area contributed by atoms with E-state index >= 15 is 0 Å². The molecule has 0 aliphatic rings. The summed E-state index contributed by atoms with van der Waals surface area (Å²) in [6.07, 6.45) is 2.17.